The Labute approximate surface area is 128 Å². The predicted octanol–water partition coefficient (Wildman–Crippen LogP) is 4.29. The first kappa shape index (κ1) is 19.9. The molecule has 0 aliphatic rings. The van der Waals surface area contributed by atoms with E-state index < -0.39 is 11.9 Å². The first-order valence-electron chi connectivity index (χ1n) is 7.89. The lowest BCUT2D eigenvalue weighted by atomic mass is 9.75. The van der Waals surface area contributed by atoms with Crippen molar-refractivity contribution < 1.29 is 19.8 Å². The molecular weight excluding hydrogens is 268 g/mol. The molecule has 124 valence electrons. The van der Waals surface area contributed by atoms with Gasteiger partial charge in [0.1, 0.15) is 0 Å². The average Bonchev–Trinajstić information content (AvgIpc) is 2.21. The van der Waals surface area contributed by atoms with Crippen molar-refractivity contribution >= 4 is 11.9 Å². The van der Waals surface area contributed by atoms with Gasteiger partial charge in [0.2, 0.25) is 0 Å². The van der Waals surface area contributed by atoms with E-state index in [1.54, 1.807) is 0 Å². The van der Waals surface area contributed by atoms with Crippen LogP contribution >= 0.6 is 0 Å². The van der Waals surface area contributed by atoms with E-state index in [2.05, 4.69) is 13.8 Å². The normalized spacial score (nSPS) is 16.5. The first-order valence-corrected chi connectivity index (χ1v) is 7.89. The minimum absolute atomic E-state index is 0.122. The number of rotatable bonds is 10. The second-order valence-corrected chi connectivity index (χ2v) is 7.83. The van der Waals surface area contributed by atoms with Gasteiger partial charge >= 0.3 is 11.9 Å². The molecule has 0 radical (unpaired) electrons. The molecule has 0 rings (SSSR count). The van der Waals surface area contributed by atoms with Crippen molar-refractivity contribution in [2.75, 3.05) is 0 Å². The summed E-state index contributed by atoms with van der Waals surface area (Å²) in [6, 6.07) is 0. The Morgan fingerprint density at radius 3 is 1.90 bits per heavy atom. The molecule has 0 fully saturated rings. The Hall–Kier alpha value is -1.06. The molecule has 0 spiro atoms. The van der Waals surface area contributed by atoms with Crippen molar-refractivity contribution in [3.05, 3.63) is 0 Å². The van der Waals surface area contributed by atoms with E-state index in [1.807, 2.05) is 27.7 Å². The summed E-state index contributed by atoms with van der Waals surface area (Å²) >= 11 is 0. The van der Waals surface area contributed by atoms with E-state index in [4.69, 9.17) is 5.11 Å². The fraction of sp³-hybridized carbons (Fsp3) is 0.882. The van der Waals surface area contributed by atoms with Crippen molar-refractivity contribution in [1.29, 1.82) is 0 Å². The summed E-state index contributed by atoms with van der Waals surface area (Å²) in [5.74, 6) is -1.03. The van der Waals surface area contributed by atoms with Crippen LogP contribution in [-0.4, -0.2) is 22.2 Å². The van der Waals surface area contributed by atoms with Crippen LogP contribution in [0.15, 0.2) is 0 Å². The molecule has 21 heavy (non-hydrogen) atoms. The molecule has 0 aromatic rings. The van der Waals surface area contributed by atoms with Crippen LogP contribution in [0.2, 0.25) is 0 Å². The Bertz CT molecular complexity index is 347. The zero-order chi connectivity index (χ0) is 16.8. The summed E-state index contributed by atoms with van der Waals surface area (Å²) in [5, 5.41) is 18.4. The van der Waals surface area contributed by atoms with Crippen LogP contribution < -0.4 is 0 Å². The Balaban J connectivity index is 4.64. The largest absolute Gasteiger partial charge is 0.481 e. The van der Waals surface area contributed by atoms with E-state index in [0.717, 1.165) is 12.8 Å². The third-order valence-electron chi connectivity index (χ3n) is 4.03. The van der Waals surface area contributed by atoms with Gasteiger partial charge in [0.05, 0.1) is 12.3 Å². The summed E-state index contributed by atoms with van der Waals surface area (Å²) in [5.41, 5.74) is -0.296. The van der Waals surface area contributed by atoms with Gasteiger partial charge in [-0.15, -0.1) is 0 Å². The lowest BCUT2D eigenvalue weighted by Crippen LogP contribution is -2.27. The summed E-state index contributed by atoms with van der Waals surface area (Å²) < 4.78 is 0. The van der Waals surface area contributed by atoms with Gasteiger partial charge < -0.3 is 10.2 Å². The van der Waals surface area contributed by atoms with Crippen LogP contribution in [0, 0.1) is 29.1 Å². The SMILES string of the molecule is CC(C)CC(C)C(CC(C)CC(C)(C)CC(=O)O)C(=O)O. The highest BCUT2D eigenvalue weighted by molar-refractivity contribution is 5.70. The Morgan fingerprint density at radius 1 is 1.00 bits per heavy atom. The molecular formula is C17H32O4. The van der Waals surface area contributed by atoms with E-state index in [0.29, 0.717) is 12.3 Å². The van der Waals surface area contributed by atoms with E-state index in [1.165, 1.54) is 0 Å². The van der Waals surface area contributed by atoms with Gasteiger partial charge in [-0.3, -0.25) is 9.59 Å². The predicted molar refractivity (Wildman–Crippen MR) is 84.2 cm³/mol. The van der Waals surface area contributed by atoms with Gasteiger partial charge in [-0.2, -0.15) is 0 Å². The molecule has 0 heterocycles. The quantitative estimate of drug-likeness (QED) is 0.631. The summed E-state index contributed by atoms with van der Waals surface area (Å²) in [6.07, 6.45) is 2.38. The molecule has 0 aliphatic heterocycles. The van der Waals surface area contributed by atoms with Crippen LogP contribution in [0.1, 0.15) is 67.2 Å². The van der Waals surface area contributed by atoms with Crippen LogP contribution in [0.5, 0.6) is 0 Å². The fourth-order valence-corrected chi connectivity index (χ4v) is 3.43. The zero-order valence-corrected chi connectivity index (χ0v) is 14.3. The van der Waals surface area contributed by atoms with Gasteiger partial charge in [-0.05, 0) is 42.4 Å². The second kappa shape index (κ2) is 8.40. The molecule has 4 heteroatoms. The van der Waals surface area contributed by atoms with Crippen molar-refractivity contribution in [2.24, 2.45) is 29.1 Å². The number of hydrogen-bond donors (Lipinski definition) is 2. The third-order valence-corrected chi connectivity index (χ3v) is 4.03. The van der Waals surface area contributed by atoms with Crippen LogP contribution in [-0.2, 0) is 9.59 Å². The molecule has 0 saturated carbocycles. The highest BCUT2D eigenvalue weighted by atomic mass is 16.4. The number of hydrogen-bond acceptors (Lipinski definition) is 2. The van der Waals surface area contributed by atoms with Crippen LogP contribution in [0.4, 0.5) is 0 Å². The van der Waals surface area contributed by atoms with Crippen molar-refractivity contribution in [3.63, 3.8) is 0 Å². The zero-order valence-electron chi connectivity index (χ0n) is 14.3. The summed E-state index contributed by atoms with van der Waals surface area (Å²) in [6.45, 7) is 12.1. The third kappa shape index (κ3) is 8.74. The van der Waals surface area contributed by atoms with Crippen LogP contribution in [0.3, 0.4) is 0 Å². The topological polar surface area (TPSA) is 74.6 Å². The maximum Gasteiger partial charge on any atom is 0.306 e. The van der Waals surface area contributed by atoms with Gasteiger partial charge in [-0.1, -0.05) is 41.5 Å². The number of carboxylic acid groups (broad SMARTS) is 2. The molecule has 0 amide bonds. The molecule has 0 aromatic carbocycles. The number of carbonyl (C=O) groups is 2. The molecule has 2 N–H and O–H groups in total. The molecule has 0 aliphatic carbocycles. The van der Waals surface area contributed by atoms with Gasteiger partial charge in [0.25, 0.3) is 0 Å². The highest BCUT2D eigenvalue weighted by Crippen LogP contribution is 2.34. The first-order chi connectivity index (χ1) is 9.44. The lowest BCUT2D eigenvalue weighted by molar-refractivity contribution is -0.145. The summed E-state index contributed by atoms with van der Waals surface area (Å²) in [7, 11) is 0. The Morgan fingerprint density at radius 2 is 1.52 bits per heavy atom. The molecule has 3 atom stereocenters. The molecule has 4 nitrogen and oxygen atoms in total. The lowest BCUT2D eigenvalue weighted by Gasteiger charge is -2.30. The molecule has 3 unspecified atom stereocenters. The summed E-state index contributed by atoms with van der Waals surface area (Å²) in [4.78, 5) is 22.4. The van der Waals surface area contributed by atoms with E-state index in [-0.39, 0.29) is 29.6 Å². The van der Waals surface area contributed by atoms with E-state index in [9.17, 15) is 14.7 Å². The molecule has 0 aromatic heterocycles. The minimum Gasteiger partial charge on any atom is -0.481 e. The molecule has 0 bridgehead atoms. The van der Waals surface area contributed by atoms with Gasteiger partial charge in [-0.25, -0.2) is 0 Å². The van der Waals surface area contributed by atoms with Crippen LogP contribution in [0.25, 0.3) is 0 Å². The highest BCUT2D eigenvalue weighted by Gasteiger charge is 2.30. The standard InChI is InChI=1S/C17H32O4/c1-11(2)7-13(4)14(16(20)21)8-12(3)9-17(5,6)10-15(18)19/h11-14H,7-10H2,1-6H3,(H,18,19)(H,20,21). The van der Waals surface area contributed by atoms with Crippen molar-refractivity contribution in [3.8, 4) is 0 Å². The number of carboxylic acids is 2. The van der Waals surface area contributed by atoms with Gasteiger partial charge in [0, 0.05) is 0 Å². The van der Waals surface area contributed by atoms with Crippen molar-refractivity contribution in [2.45, 2.75) is 67.2 Å². The monoisotopic (exact) mass is 300 g/mol. The second-order valence-electron chi connectivity index (χ2n) is 7.83. The maximum atomic E-state index is 11.5. The number of aliphatic carboxylic acids is 2. The van der Waals surface area contributed by atoms with Crippen molar-refractivity contribution in [1.82, 2.24) is 0 Å². The maximum absolute atomic E-state index is 11.5. The minimum atomic E-state index is -0.796. The molecule has 0 saturated heterocycles. The fourth-order valence-electron chi connectivity index (χ4n) is 3.43. The smallest absolute Gasteiger partial charge is 0.306 e. The Kier molecular flexibility index (Phi) is 7.98. The van der Waals surface area contributed by atoms with Gasteiger partial charge in [0.15, 0.2) is 0 Å². The average molecular weight is 300 g/mol. The van der Waals surface area contributed by atoms with E-state index >= 15 is 0 Å².